The lowest BCUT2D eigenvalue weighted by atomic mass is 10.1. The summed E-state index contributed by atoms with van der Waals surface area (Å²) in [4.78, 5) is 0. The molecule has 3 aromatic rings. The van der Waals surface area contributed by atoms with Crippen molar-refractivity contribution in [2.75, 3.05) is 5.32 Å². The van der Waals surface area contributed by atoms with Crippen molar-refractivity contribution in [3.05, 3.63) is 81.1 Å². The van der Waals surface area contributed by atoms with Crippen LogP contribution in [0.5, 0.6) is 0 Å². The largest absolute Gasteiger partial charge is 0.392 e. The monoisotopic (exact) mass is 402 g/mol. The Kier molecular flexibility index (Phi) is 5.85. The highest BCUT2D eigenvalue weighted by atomic mass is 35.5. The average Bonchev–Trinajstić information content (AvgIpc) is 2.96. The Morgan fingerprint density at radius 2 is 1.89 bits per heavy atom. The average molecular weight is 403 g/mol. The van der Waals surface area contributed by atoms with Crippen molar-refractivity contribution >= 4 is 34.6 Å². The highest BCUT2D eigenvalue weighted by Gasteiger charge is 2.14. The van der Waals surface area contributed by atoms with Crippen LogP contribution in [0.3, 0.4) is 0 Å². The van der Waals surface area contributed by atoms with E-state index in [0.29, 0.717) is 28.0 Å². The normalized spacial score (nSPS) is 10.9. The van der Waals surface area contributed by atoms with Crippen molar-refractivity contribution in [2.24, 2.45) is 0 Å². The van der Waals surface area contributed by atoms with Gasteiger partial charge >= 0.3 is 0 Å². The number of aliphatic hydroxyl groups excluding tert-OH is 1. The summed E-state index contributed by atoms with van der Waals surface area (Å²) in [7, 11) is 0. The van der Waals surface area contributed by atoms with E-state index < -0.39 is 0 Å². The number of benzene rings is 2. The molecule has 0 bridgehead atoms. The first-order valence-electron chi connectivity index (χ1n) is 8.39. The lowest BCUT2D eigenvalue weighted by Gasteiger charge is -2.13. The number of hydrogen-bond acceptors (Lipinski definition) is 4. The first-order chi connectivity index (χ1) is 12.9. The molecule has 2 aromatic carbocycles. The third-order valence-corrected chi connectivity index (χ3v) is 4.86. The molecule has 0 spiro atoms. The lowest BCUT2D eigenvalue weighted by Crippen LogP contribution is -2.06. The number of aliphatic hydroxyl groups is 1. The van der Waals surface area contributed by atoms with Gasteiger partial charge in [0.15, 0.2) is 0 Å². The number of aromatic nitrogens is 3. The van der Waals surface area contributed by atoms with Crippen molar-refractivity contribution in [1.82, 2.24) is 15.0 Å². The predicted octanol–water partition coefficient (Wildman–Crippen LogP) is 4.83. The van der Waals surface area contributed by atoms with Crippen LogP contribution in [0.4, 0.5) is 5.69 Å². The van der Waals surface area contributed by atoms with Crippen molar-refractivity contribution in [3.63, 3.8) is 0 Å². The minimum absolute atomic E-state index is 0.00870. The fourth-order valence-electron chi connectivity index (χ4n) is 2.88. The fraction of sp³-hybridized carbons (Fsp3) is 0.200. The number of hydrogen-bond donors (Lipinski definition) is 2. The maximum atomic E-state index is 9.43. The molecule has 27 heavy (non-hydrogen) atoms. The molecule has 3 rings (SSSR count). The second-order valence-corrected chi connectivity index (χ2v) is 7.18. The summed E-state index contributed by atoms with van der Waals surface area (Å²) < 4.78 is 1.78. The van der Waals surface area contributed by atoms with Gasteiger partial charge in [0.05, 0.1) is 24.5 Å². The van der Waals surface area contributed by atoms with Crippen LogP contribution < -0.4 is 5.32 Å². The molecule has 0 saturated carbocycles. The predicted molar refractivity (Wildman–Crippen MR) is 110 cm³/mol. The lowest BCUT2D eigenvalue weighted by molar-refractivity contribution is 0.281. The Morgan fingerprint density at radius 1 is 1.19 bits per heavy atom. The number of nitrogens with one attached hydrogen (secondary N) is 1. The van der Waals surface area contributed by atoms with E-state index in [9.17, 15) is 5.11 Å². The van der Waals surface area contributed by atoms with E-state index in [2.05, 4.69) is 22.2 Å². The third-order valence-electron chi connectivity index (χ3n) is 4.42. The maximum absolute atomic E-state index is 9.43. The van der Waals surface area contributed by atoms with Crippen LogP contribution in [-0.4, -0.2) is 20.1 Å². The van der Waals surface area contributed by atoms with Gasteiger partial charge in [0, 0.05) is 15.7 Å². The number of rotatable bonds is 6. The first kappa shape index (κ1) is 19.4. The Hall–Kier alpha value is -2.34. The summed E-state index contributed by atoms with van der Waals surface area (Å²) >= 11 is 12.1. The summed E-state index contributed by atoms with van der Waals surface area (Å²) in [6.45, 7) is 8.48. The first-order valence-corrected chi connectivity index (χ1v) is 9.15. The minimum Gasteiger partial charge on any atom is -0.392 e. The summed E-state index contributed by atoms with van der Waals surface area (Å²) in [5.74, 6) is 0. The van der Waals surface area contributed by atoms with Crippen molar-refractivity contribution in [1.29, 1.82) is 0 Å². The van der Waals surface area contributed by atoms with Gasteiger partial charge in [0.2, 0.25) is 0 Å². The molecule has 5 nitrogen and oxygen atoms in total. The van der Waals surface area contributed by atoms with Crippen LogP contribution in [0.15, 0.2) is 43.0 Å². The second kappa shape index (κ2) is 8.13. The van der Waals surface area contributed by atoms with Crippen LogP contribution in [0, 0.1) is 13.8 Å². The van der Waals surface area contributed by atoms with E-state index in [4.69, 9.17) is 23.2 Å². The van der Waals surface area contributed by atoms with Gasteiger partial charge < -0.3 is 10.4 Å². The molecule has 0 amide bonds. The molecule has 2 N–H and O–H groups in total. The van der Waals surface area contributed by atoms with Gasteiger partial charge in [-0.2, -0.15) is 0 Å². The van der Waals surface area contributed by atoms with E-state index in [0.717, 1.165) is 28.1 Å². The van der Waals surface area contributed by atoms with E-state index in [1.165, 1.54) is 0 Å². The molecule has 1 heterocycles. The quantitative estimate of drug-likeness (QED) is 0.619. The molecule has 0 aliphatic carbocycles. The summed E-state index contributed by atoms with van der Waals surface area (Å²) in [6, 6.07) is 11.1. The topological polar surface area (TPSA) is 63.0 Å². The van der Waals surface area contributed by atoms with Crippen LogP contribution >= 0.6 is 23.2 Å². The zero-order chi connectivity index (χ0) is 19.6. The zero-order valence-corrected chi connectivity index (χ0v) is 16.6. The second-order valence-electron chi connectivity index (χ2n) is 6.31. The standard InChI is InChI=1S/C20H20Cl2N4O/c1-12-16(11-27)5-4-6-19(12)23-13(2)20-14(3)26(25-24-20)10-15-7-17(21)9-18(22)8-15/h4-9,23,27H,2,10-11H2,1,3H3. The molecule has 0 radical (unpaired) electrons. The molecule has 0 fully saturated rings. The molecule has 0 unspecified atom stereocenters. The fourth-order valence-corrected chi connectivity index (χ4v) is 3.45. The molecule has 7 heteroatoms. The summed E-state index contributed by atoms with van der Waals surface area (Å²) in [5, 5.41) is 22.4. The molecule has 0 aliphatic rings. The Morgan fingerprint density at radius 3 is 2.56 bits per heavy atom. The van der Waals surface area contributed by atoms with Gasteiger partial charge in [-0.1, -0.05) is 47.1 Å². The van der Waals surface area contributed by atoms with E-state index in [-0.39, 0.29) is 6.61 Å². The highest BCUT2D eigenvalue weighted by molar-refractivity contribution is 6.34. The van der Waals surface area contributed by atoms with E-state index in [1.807, 2.05) is 44.2 Å². The smallest absolute Gasteiger partial charge is 0.131 e. The van der Waals surface area contributed by atoms with Crippen LogP contribution in [-0.2, 0) is 13.2 Å². The summed E-state index contributed by atoms with van der Waals surface area (Å²) in [5.41, 5.74) is 5.85. The Labute approximate surface area is 168 Å². The molecule has 140 valence electrons. The molecule has 1 aromatic heterocycles. The van der Waals surface area contributed by atoms with Crippen molar-refractivity contribution in [3.8, 4) is 0 Å². The van der Waals surface area contributed by atoms with E-state index >= 15 is 0 Å². The number of nitrogens with zero attached hydrogens (tertiary/aromatic N) is 3. The van der Waals surface area contributed by atoms with Crippen molar-refractivity contribution in [2.45, 2.75) is 27.0 Å². The number of anilines is 1. The maximum Gasteiger partial charge on any atom is 0.131 e. The van der Waals surface area contributed by atoms with Gasteiger partial charge in [-0.25, -0.2) is 4.68 Å². The molecular weight excluding hydrogens is 383 g/mol. The van der Waals surface area contributed by atoms with Gasteiger partial charge in [-0.15, -0.1) is 5.10 Å². The van der Waals surface area contributed by atoms with Gasteiger partial charge in [0.1, 0.15) is 5.69 Å². The Balaban J connectivity index is 1.81. The highest BCUT2D eigenvalue weighted by Crippen LogP contribution is 2.25. The van der Waals surface area contributed by atoms with Crippen LogP contribution in [0.1, 0.15) is 28.1 Å². The van der Waals surface area contributed by atoms with Crippen LogP contribution in [0.2, 0.25) is 10.0 Å². The summed E-state index contributed by atoms with van der Waals surface area (Å²) in [6.07, 6.45) is 0. The van der Waals surface area contributed by atoms with Gasteiger partial charge in [0.25, 0.3) is 0 Å². The van der Waals surface area contributed by atoms with Crippen molar-refractivity contribution < 1.29 is 5.11 Å². The van der Waals surface area contributed by atoms with Gasteiger partial charge in [-0.3, -0.25) is 0 Å². The molecule has 0 saturated heterocycles. The zero-order valence-electron chi connectivity index (χ0n) is 15.1. The minimum atomic E-state index is -0.00870. The third kappa shape index (κ3) is 4.33. The van der Waals surface area contributed by atoms with Crippen LogP contribution in [0.25, 0.3) is 5.70 Å². The van der Waals surface area contributed by atoms with E-state index in [1.54, 1.807) is 10.7 Å². The SMILES string of the molecule is C=C(Nc1cccc(CO)c1C)c1nnn(Cc2cc(Cl)cc(Cl)c2)c1C. The molecular formula is C20H20Cl2N4O. The molecule has 0 aliphatic heterocycles. The number of halogens is 2. The van der Waals surface area contributed by atoms with Gasteiger partial charge in [-0.05, 0) is 54.8 Å². The molecule has 0 atom stereocenters. The Bertz CT molecular complexity index is 977.